The van der Waals surface area contributed by atoms with Crippen LogP contribution in [0.5, 0.6) is 0 Å². The molecule has 0 aliphatic carbocycles. The molecule has 4 nitrogen and oxygen atoms in total. The highest BCUT2D eigenvalue weighted by molar-refractivity contribution is 7.79. The lowest BCUT2D eigenvalue weighted by Gasteiger charge is -2.01. The van der Waals surface area contributed by atoms with Gasteiger partial charge in [-0.05, 0) is 0 Å². The van der Waals surface area contributed by atoms with Gasteiger partial charge in [-0.3, -0.25) is 0 Å². The molecule has 0 aromatic rings. The van der Waals surface area contributed by atoms with Crippen molar-refractivity contribution in [3.8, 4) is 0 Å². The molecule has 0 fully saturated rings. The van der Waals surface area contributed by atoms with Crippen molar-refractivity contribution in [2.24, 2.45) is 5.73 Å². The predicted octanol–water partition coefficient (Wildman–Crippen LogP) is -1.47. The van der Waals surface area contributed by atoms with Crippen molar-refractivity contribution in [1.29, 1.82) is 0 Å². The van der Waals surface area contributed by atoms with Crippen molar-refractivity contribution >= 4 is 11.1 Å². The summed E-state index contributed by atoms with van der Waals surface area (Å²) in [5, 5.41) is 8.21. The van der Waals surface area contributed by atoms with Crippen LogP contribution >= 0.6 is 0 Å². The second-order valence-corrected chi connectivity index (χ2v) is 2.41. The zero-order chi connectivity index (χ0) is 6.57. The highest BCUT2D eigenvalue weighted by atomic mass is 32.2. The largest absolute Gasteiger partial charge is 0.395 e. The molecule has 0 rings (SSSR count). The van der Waals surface area contributed by atoms with Crippen LogP contribution in [0.1, 0.15) is 0 Å². The Bertz CT molecular complexity index is 86.6. The fourth-order valence-electron chi connectivity index (χ4n) is 0.236. The standard InChI is InChI=1S/C3H9NO3S/c4-3(1-5)2-8(6)7/h3,5H,1-2,4H2,(H,6,7)/t3-/m1/s1. The van der Waals surface area contributed by atoms with Crippen molar-refractivity contribution in [2.75, 3.05) is 12.4 Å². The zero-order valence-corrected chi connectivity index (χ0v) is 5.10. The molecule has 0 heterocycles. The Morgan fingerprint density at radius 3 is 2.38 bits per heavy atom. The Morgan fingerprint density at radius 1 is 1.75 bits per heavy atom. The quantitative estimate of drug-likeness (QED) is 0.417. The van der Waals surface area contributed by atoms with Crippen molar-refractivity contribution in [3.63, 3.8) is 0 Å². The lowest BCUT2D eigenvalue weighted by Crippen LogP contribution is -2.30. The molecule has 0 saturated carbocycles. The topological polar surface area (TPSA) is 83.5 Å². The van der Waals surface area contributed by atoms with E-state index in [0.29, 0.717) is 0 Å². The highest BCUT2D eigenvalue weighted by Crippen LogP contribution is 1.78. The molecule has 0 amide bonds. The van der Waals surface area contributed by atoms with Crippen LogP contribution in [-0.4, -0.2) is 32.3 Å². The van der Waals surface area contributed by atoms with Gasteiger partial charge in [-0.2, -0.15) is 0 Å². The van der Waals surface area contributed by atoms with Gasteiger partial charge in [-0.15, -0.1) is 0 Å². The SMILES string of the molecule is N[C@H](CO)CS(=O)O. The van der Waals surface area contributed by atoms with Crippen molar-refractivity contribution in [1.82, 2.24) is 0 Å². The lowest BCUT2D eigenvalue weighted by atomic mass is 10.4. The Morgan fingerprint density at radius 2 is 2.25 bits per heavy atom. The van der Waals surface area contributed by atoms with E-state index in [1.807, 2.05) is 0 Å². The summed E-state index contributed by atoms with van der Waals surface area (Å²) >= 11 is -1.88. The maximum atomic E-state index is 9.89. The first-order valence-corrected chi connectivity index (χ1v) is 3.38. The van der Waals surface area contributed by atoms with Crippen LogP contribution < -0.4 is 5.73 Å². The number of rotatable bonds is 3. The van der Waals surface area contributed by atoms with E-state index >= 15 is 0 Å². The summed E-state index contributed by atoms with van der Waals surface area (Å²) < 4.78 is 18.0. The van der Waals surface area contributed by atoms with Crippen LogP contribution in [0, 0.1) is 0 Å². The molecule has 50 valence electrons. The molecule has 5 heteroatoms. The second-order valence-electron chi connectivity index (χ2n) is 1.43. The molecule has 0 spiro atoms. The summed E-state index contributed by atoms with van der Waals surface area (Å²) in [6, 6.07) is -0.569. The first kappa shape index (κ1) is 8.03. The maximum Gasteiger partial charge on any atom is 0.154 e. The van der Waals surface area contributed by atoms with Crippen LogP contribution in [0.15, 0.2) is 0 Å². The molecule has 1 unspecified atom stereocenters. The van der Waals surface area contributed by atoms with E-state index in [1.54, 1.807) is 0 Å². The molecule has 0 aliphatic rings. The van der Waals surface area contributed by atoms with Crippen molar-refractivity contribution in [3.05, 3.63) is 0 Å². The number of hydrogen-bond acceptors (Lipinski definition) is 3. The van der Waals surface area contributed by atoms with Crippen LogP contribution in [0.3, 0.4) is 0 Å². The second kappa shape index (κ2) is 3.96. The van der Waals surface area contributed by atoms with E-state index in [9.17, 15) is 4.21 Å². The van der Waals surface area contributed by atoms with Crippen LogP contribution in [0.2, 0.25) is 0 Å². The van der Waals surface area contributed by atoms with E-state index in [-0.39, 0.29) is 12.4 Å². The van der Waals surface area contributed by atoms with Crippen molar-refractivity contribution in [2.45, 2.75) is 6.04 Å². The first-order chi connectivity index (χ1) is 3.66. The summed E-state index contributed by atoms with van der Waals surface area (Å²) in [6.45, 7) is -0.244. The van der Waals surface area contributed by atoms with E-state index < -0.39 is 17.1 Å². The van der Waals surface area contributed by atoms with Gasteiger partial charge in [0, 0.05) is 6.04 Å². The van der Waals surface area contributed by atoms with E-state index in [0.717, 1.165) is 0 Å². The highest BCUT2D eigenvalue weighted by Gasteiger charge is 2.02. The fraction of sp³-hybridized carbons (Fsp3) is 1.00. The van der Waals surface area contributed by atoms with Gasteiger partial charge in [-0.25, -0.2) is 4.21 Å². The predicted molar refractivity (Wildman–Crippen MR) is 30.7 cm³/mol. The monoisotopic (exact) mass is 139 g/mol. The molecule has 0 aromatic heterocycles. The maximum absolute atomic E-state index is 9.89. The van der Waals surface area contributed by atoms with Crippen LogP contribution in [0.25, 0.3) is 0 Å². The average molecular weight is 139 g/mol. The summed E-state index contributed by atoms with van der Waals surface area (Å²) in [4.78, 5) is 0. The average Bonchev–Trinajstić information content (AvgIpc) is 1.65. The van der Waals surface area contributed by atoms with Gasteiger partial charge in [0.25, 0.3) is 0 Å². The lowest BCUT2D eigenvalue weighted by molar-refractivity contribution is 0.274. The first-order valence-electron chi connectivity index (χ1n) is 2.10. The van der Waals surface area contributed by atoms with Crippen molar-refractivity contribution < 1.29 is 13.9 Å². The fourth-order valence-corrected chi connectivity index (χ4v) is 0.708. The molecule has 0 bridgehead atoms. The third kappa shape index (κ3) is 4.20. The minimum Gasteiger partial charge on any atom is -0.395 e. The minimum atomic E-state index is -1.88. The van der Waals surface area contributed by atoms with Gasteiger partial charge < -0.3 is 15.4 Å². The van der Waals surface area contributed by atoms with E-state index in [4.69, 9.17) is 15.4 Å². The number of aliphatic hydroxyl groups is 1. The van der Waals surface area contributed by atoms with Gasteiger partial charge >= 0.3 is 0 Å². The minimum absolute atomic E-state index is 0.0590. The number of hydrogen-bond donors (Lipinski definition) is 3. The van der Waals surface area contributed by atoms with Gasteiger partial charge in [0.15, 0.2) is 11.1 Å². The van der Waals surface area contributed by atoms with E-state index in [2.05, 4.69) is 0 Å². The zero-order valence-electron chi connectivity index (χ0n) is 4.28. The number of aliphatic hydroxyl groups excluding tert-OH is 1. The molecule has 4 N–H and O–H groups in total. The van der Waals surface area contributed by atoms with Gasteiger partial charge in [-0.1, -0.05) is 0 Å². The van der Waals surface area contributed by atoms with Gasteiger partial charge in [0.05, 0.1) is 12.4 Å². The summed E-state index contributed by atoms with van der Waals surface area (Å²) in [5.74, 6) is -0.0590. The molecule has 0 saturated heterocycles. The molecular formula is C3H9NO3S. The third-order valence-electron chi connectivity index (χ3n) is 0.591. The summed E-state index contributed by atoms with van der Waals surface area (Å²) in [7, 11) is 0. The van der Waals surface area contributed by atoms with Gasteiger partial charge in [0.2, 0.25) is 0 Å². The summed E-state index contributed by atoms with van der Waals surface area (Å²) in [6.07, 6.45) is 0. The Balaban J connectivity index is 3.24. The molecule has 2 atom stereocenters. The molecule has 8 heavy (non-hydrogen) atoms. The summed E-state index contributed by atoms with van der Waals surface area (Å²) in [5.41, 5.74) is 5.07. The smallest absolute Gasteiger partial charge is 0.154 e. The molecular weight excluding hydrogens is 130 g/mol. The van der Waals surface area contributed by atoms with Gasteiger partial charge in [0.1, 0.15) is 0 Å². The van der Waals surface area contributed by atoms with Crippen LogP contribution in [0.4, 0.5) is 0 Å². The Kier molecular flexibility index (Phi) is 3.98. The van der Waals surface area contributed by atoms with Crippen LogP contribution in [-0.2, 0) is 11.1 Å². The molecule has 0 radical (unpaired) electrons. The van der Waals surface area contributed by atoms with E-state index in [1.165, 1.54) is 0 Å². The number of nitrogens with two attached hydrogens (primary N) is 1. The Labute approximate surface area is 50.0 Å². The molecule has 0 aliphatic heterocycles. The molecule has 0 aromatic carbocycles. The Hall–Kier alpha value is 0.0300. The normalized spacial score (nSPS) is 17.9. The third-order valence-corrected chi connectivity index (χ3v) is 1.30.